The zero-order valence-electron chi connectivity index (χ0n) is 19.6. The Morgan fingerprint density at radius 2 is 1.03 bits per heavy atom. The summed E-state index contributed by atoms with van der Waals surface area (Å²) in [5, 5.41) is 2.78. The third-order valence-corrected chi connectivity index (χ3v) is 5.48. The second-order valence-electron chi connectivity index (χ2n) is 8.43. The summed E-state index contributed by atoms with van der Waals surface area (Å²) in [5.41, 5.74) is 0. The molecule has 0 saturated carbocycles. The first-order valence-corrected chi connectivity index (χ1v) is 12.7. The van der Waals surface area contributed by atoms with E-state index in [-0.39, 0.29) is 11.7 Å². The molecule has 0 bridgehead atoms. The number of nitrogens with one attached hydrogen (secondary N) is 1. The van der Waals surface area contributed by atoms with Crippen LogP contribution in [-0.4, -0.2) is 18.2 Å². The standard InChI is InChI=1S/C26H49NO2/c1-3-5-7-9-10-11-12-13-14-15-16-17-18-19-20-22-24-27-26(29)25(28)23-21-8-6-4-2/h13-14H,3-12,15-24H2,1-2H3,(H,27,29)/b14-13-. The molecule has 29 heavy (non-hydrogen) atoms. The maximum absolute atomic E-state index is 11.7. The summed E-state index contributed by atoms with van der Waals surface area (Å²) in [4.78, 5) is 23.4. The quantitative estimate of drug-likeness (QED) is 0.114. The fourth-order valence-corrected chi connectivity index (χ4v) is 3.50. The Hall–Kier alpha value is -1.12. The third-order valence-electron chi connectivity index (χ3n) is 5.48. The minimum Gasteiger partial charge on any atom is -0.350 e. The Morgan fingerprint density at radius 3 is 1.59 bits per heavy atom. The summed E-state index contributed by atoms with van der Waals surface area (Å²) in [7, 11) is 0. The number of carbonyl (C=O) groups is 2. The summed E-state index contributed by atoms with van der Waals surface area (Å²) in [5.74, 6) is -0.625. The van der Waals surface area contributed by atoms with Gasteiger partial charge in [-0.15, -0.1) is 0 Å². The number of hydrogen-bond donors (Lipinski definition) is 1. The van der Waals surface area contributed by atoms with Crippen LogP contribution in [-0.2, 0) is 9.59 Å². The first kappa shape index (κ1) is 27.9. The number of carbonyl (C=O) groups excluding carboxylic acids is 2. The van der Waals surface area contributed by atoms with E-state index in [4.69, 9.17) is 0 Å². The average Bonchev–Trinajstić information content (AvgIpc) is 2.73. The zero-order valence-corrected chi connectivity index (χ0v) is 19.6. The van der Waals surface area contributed by atoms with Gasteiger partial charge < -0.3 is 5.32 Å². The molecule has 0 spiro atoms. The number of ketones is 1. The fourth-order valence-electron chi connectivity index (χ4n) is 3.50. The van der Waals surface area contributed by atoms with Crippen molar-refractivity contribution in [2.75, 3.05) is 6.54 Å². The lowest BCUT2D eigenvalue weighted by molar-refractivity contribution is -0.138. The Kier molecular flexibility index (Phi) is 22.3. The summed E-state index contributed by atoms with van der Waals surface area (Å²) >= 11 is 0. The predicted molar refractivity (Wildman–Crippen MR) is 126 cm³/mol. The van der Waals surface area contributed by atoms with Crippen LogP contribution in [0.4, 0.5) is 0 Å². The number of Topliss-reactive ketones (excluding diaryl/α,β-unsaturated/α-hetero) is 1. The van der Waals surface area contributed by atoms with Gasteiger partial charge in [-0.25, -0.2) is 0 Å². The van der Waals surface area contributed by atoms with E-state index in [0.29, 0.717) is 13.0 Å². The van der Waals surface area contributed by atoms with Gasteiger partial charge in [0.2, 0.25) is 5.78 Å². The average molecular weight is 408 g/mol. The molecule has 0 aliphatic carbocycles. The first-order valence-electron chi connectivity index (χ1n) is 12.7. The van der Waals surface area contributed by atoms with E-state index in [1.165, 1.54) is 77.0 Å². The van der Waals surface area contributed by atoms with E-state index in [2.05, 4.69) is 31.3 Å². The van der Waals surface area contributed by atoms with Gasteiger partial charge in [0.1, 0.15) is 0 Å². The number of rotatable bonds is 22. The normalized spacial score (nSPS) is 11.2. The lowest BCUT2D eigenvalue weighted by Gasteiger charge is -2.05. The van der Waals surface area contributed by atoms with Crippen LogP contribution in [0.2, 0.25) is 0 Å². The molecule has 0 aromatic heterocycles. The van der Waals surface area contributed by atoms with Gasteiger partial charge in [-0.2, -0.15) is 0 Å². The zero-order chi connectivity index (χ0) is 21.4. The van der Waals surface area contributed by atoms with Crippen molar-refractivity contribution >= 4 is 11.7 Å². The minimum absolute atomic E-state index is 0.245. The van der Waals surface area contributed by atoms with Crippen LogP contribution in [0, 0.1) is 0 Å². The van der Waals surface area contributed by atoms with Crippen LogP contribution in [0.1, 0.15) is 136 Å². The first-order chi connectivity index (χ1) is 14.2. The molecule has 170 valence electrons. The predicted octanol–water partition coefficient (Wildman–Crippen LogP) is 7.68. The van der Waals surface area contributed by atoms with Gasteiger partial charge in [0.15, 0.2) is 0 Å². The smallest absolute Gasteiger partial charge is 0.287 e. The Labute approximate surface area is 181 Å². The molecule has 0 aliphatic rings. The van der Waals surface area contributed by atoms with Gasteiger partial charge in [0.25, 0.3) is 5.91 Å². The fraction of sp³-hybridized carbons (Fsp3) is 0.846. The number of unbranched alkanes of at least 4 members (excludes halogenated alkanes) is 15. The third kappa shape index (κ3) is 21.4. The summed E-state index contributed by atoms with van der Waals surface area (Å²) in [6.07, 6.45) is 27.2. The van der Waals surface area contributed by atoms with Crippen molar-refractivity contribution < 1.29 is 9.59 Å². The van der Waals surface area contributed by atoms with E-state index in [0.717, 1.165) is 38.5 Å². The van der Waals surface area contributed by atoms with E-state index < -0.39 is 0 Å². The van der Waals surface area contributed by atoms with Crippen molar-refractivity contribution in [1.82, 2.24) is 5.32 Å². The molecule has 0 unspecified atom stereocenters. The van der Waals surface area contributed by atoms with Crippen LogP contribution >= 0.6 is 0 Å². The van der Waals surface area contributed by atoms with E-state index in [1.54, 1.807) is 0 Å². The van der Waals surface area contributed by atoms with Crippen LogP contribution < -0.4 is 5.32 Å². The number of amides is 1. The molecule has 0 fully saturated rings. The number of hydrogen-bond acceptors (Lipinski definition) is 2. The van der Waals surface area contributed by atoms with E-state index in [1.807, 2.05) is 0 Å². The Balaban J connectivity index is 3.29. The molecule has 0 saturated heterocycles. The molecule has 3 heteroatoms. The molecular weight excluding hydrogens is 358 g/mol. The Morgan fingerprint density at radius 1 is 0.586 bits per heavy atom. The molecule has 0 aromatic rings. The van der Waals surface area contributed by atoms with Crippen molar-refractivity contribution in [2.45, 2.75) is 136 Å². The van der Waals surface area contributed by atoms with Gasteiger partial charge >= 0.3 is 0 Å². The van der Waals surface area contributed by atoms with E-state index in [9.17, 15) is 9.59 Å². The number of allylic oxidation sites excluding steroid dienone is 2. The topological polar surface area (TPSA) is 46.2 Å². The van der Waals surface area contributed by atoms with E-state index >= 15 is 0 Å². The van der Waals surface area contributed by atoms with Gasteiger partial charge in [0.05, 0.1) is 0 Å². The van der Waals surface area contributed by atoms with Gasteiger partial charge in [-0.1, -0.05) is 103 Å². The van der Waals surface area contributed by atoms with Crippen LogP contribution in [0.3, 0.4) is 0 Å². The van der Waals surface area contributed by atoms with Crippen LogP contribution in [0.5, 0.6) is 0 Å². The highest BCUT2D eigenvalue weighted by Crippen LogP contribution is 2.10. The van der Waals surface area contributed by atoms with Crippen molar-refractivity contribution in [3.63, 3.8) is 0 Å². The highest BCUT2D eigenvalue weighted by atomic mass is 16.2. The van der Waals surface area contributed by atoms with Crippen LogP contribution in [0.25, 0.3) is 0 Å². The van der Waals surface area contributed by atoms with Crippen molar-refractivity contribution in [1.29, 1.82) is 0 Å². The SMILES string of the molecule is CCCCCCCC/C=C\CCCCCCCCNC(=O)C(=O)CCCCCC. The van der Waals surface area contributed by atoms with Crippen molar-refractivity contribution in [3.8, 4) is 0 Å². The monoisotopic (exact) mass is 407 g/mol. The molecule has 1 N–H and O–H groups in total. The maximum Gasteiger partial charge on any atom is 0.287 e. The molecule has 0 atom stereocenters. The maximum atomic E-state index is 11.7. The molecular formula is C26H49NO2. The molecule has 1 amide bonds. The van der Waals surface area contributed by atoms with Gasteiger partial charge in [-0.05, 0) is 38.5 Å². The molecule has 0 rings (SSSR count). The second-order valence-corrected chi connectivity index (χ2v) is 8.43. The van der Waals surface area contributed by atoms with Crippen LogP contribution in [0.15, 0.2) is 12.2 Å². The molecule has 0 aromatic carbocycles. The molecule has 0 aliphatic heterocycles. The van der Waals surface area contributed by atoms with Gasteiger partial charge in [-0.3, -0.25) is 9.59 Å². The largest absolute Gasteiger partial charge is 0.350 e. The highest BCUT2D eigenvalue weighted by Gasteiger charge is 2.11. The summed E-state index contributed by atoms with van der Waals surface area (Å²) in [6.45, 7) is 5.05. The summed E-state index contributed by atoms with van der Waals surface area (Å²) < 4.78 is 0. The lowest BCUT2D eigenvalue weighted by Crippen LogP contribution is -2.31. The van der Waals surface area contributed by atoms with Crippen molar-refractivity contribution in [2.24, 2.45) is 0 Å². The molecule has 0 heterocycles. The molecule has 0 radical (unpaired) electrons. The molecule has 3 nitrogen and oxygen atoms in total. The highest BCUT2D eigenvalue weighted by molar-refractivity contribution is 6.36. The lowest BCUT2D eigenvalue weighted by atomic mass is 10.1. The van der Waals surface area contributed by atoms with Gasteiger partial charge in [0, 0.05) is 13.0 Å². The van der Waals surface area contributed by atoms with Crippen molar-refractivity contribution in [3.05, 3.63) is 12.2 Å². The summed E-state index contributed by atoms with van der Waals surface area (Å²) in [6, 6.07) is 0. The minimum atomic E-state index is -0.380. The second kappa shape index (κ2) is 23.2. The Bertz CT molecular complexity index is 404.